The first-order valence-corrected chi connectivity index (χ1v) is 6.07. The van der Waals surface area contributed by atoms with Gasteiger partial charge in [0.15, 0.2) is 0 Å². The Kier molecular flexibility index (Phi) is 4.64. The number of methoxy groups -OCH3 is 1. The molecule has 0 spiro atoms. The number of benzene rings is 1. The van der Waals surface area contributed by atoms with Crippen LogP contribution in [0.4, 0.5) is 0 Å². The highest BCUT2D eigenvalue weighted by atomic mass is 16.6. The Labute approximate surface area is 112 Å². The first-order valence-electron chi connectivity index (χ1n) is 6.07. The molecule has 0 bridgehead atoms. The maximum absolute atomic E-state index is 11.4. The molecule has 0 aromatic heterocycles. The molecule has 0 aliphatic rings. The van der Waals surface area contributed by atoms with Crippen molar-refractivity contribution in [3.63, 3.8) is 0 Å². The molecule has 1 aromatic carbocycles. The van der Waals surface area contributed by atoms with Crippen molar-refractivity contribution in [3.05, 3.63) is 39.9 Å². The van der Waals surface area contributed by atoms with Crippen LogP contribution in [0.5, 0.6) is 5.75 Å². The number of carbonyl (C=O) groups excluding carboxylic acids is 1. The van der Waals surface area contributed by atoms with Crippen molar-refractivity contribution in [2.45, 2.75) is 38.6 Å². The van der Waals surface area contributed by atoms with Gasteiger partial charge in [-0.25, -0.2) is 0 Å². The number of Topliss-reactive ketones (excluding diaryl/α,β-unsaturated/α-hetero) is 1. The fourth-order valence-electron chi connectivity index (χ4n) is 2.03. The van der Waals surface area contributed by atoms with Crippen LogP contribution in [0.1, 0.15) is 38.7 Å². The summed E-state index contributed by atoms with van der Waals surface area (Å²) >= 11 is 0. The highest BCUT2D eigenvalue weighted by molar-refractivity contribution is 5.76. The van der Waals surface area contributed by atoms with Gasteiger partial charge in [-0.15, -0.1) is 0 Å². The fourth-order valence-corrected chi connectivity index (χ4v) is 2.03. The second kappa shape index (κ2) is 5.82. The molecule has 5 nitrogen and oxygen atoms in total. The van der Waals surface area contributed by atoms with E-state index in [4.69, 9.17) is 4.74 Å². The van der Waals surface area contributed by atoms with Crippen molar-refractivity contribution < 1.29 is 14.5 Å². The molecule has 0 saturated heterocycles. The summed E-state index contributed by atoms with van der Waals surface area (Å²) in [7, 11) is 1.56. The van der Waals surface area contributed by atoms with E-state index in [0.717, 1.165) is 5.56 Å². The minimum atomic E-state index is -1.19. The predicted octanol–water partition coefficient (Wildman–Crippen LogP) is 2.81. The summed E-state index contributed by atoms with van der Waals surface area (Å²) in [5, 5.41) is 11.2. The van der Waals surface area contributed by atoms with Crippen LogP contribution in [0.3, 0.4) is 0 Å². The van der Waals surface area contributed by atoms with E-state index >= 15 is 0 Å². The van der Waals surface area contributed by atoms with Crippen LogP contribution in [-0.4, -0.2) is 23.4 Å². The van der Waals surface area contributed by atoms with Gasteiger partial charge in [0.05, 0.1) is 13.0 Å². The Hall–Kier alpha value is -1.91. The van der Waals surface area contributed by atoms with E-state index in [1.807, 2.05) is 0 Å². The van der Waals surface area contributed by atoms with Gasteiger partial charge in [-0.1, -0.05) is 12.1 Å². The lowest BCUT2D eigenvalue weighted by molar-refractivity contribution is -0.565. The number of hydrogen-bond donors (Lipinski definition) is 0. The van der Waals surface area contributed by atoms with Crippen LogP contribution in [0.25, 0.3) is 0 Å². The third kappa shape index (κ3) is 3.53. The van der Waals surface area contributed by atoms with E-state index in [1.54, 1.807) is 45.2 Å². The highest BCUT2D eigenvalue weighted by Crippen LogP contribution is 2.34. The topological polar surface area (TPSA) is 69.4 Å². The van der Waals surface area contributed by atoms with E-state index in [0.29, 0.717) is 5.75 Å². The summed E-state index contributed by atoms with van der Waals surface area (Å²) in [6.45, 7) is 4.54. The summed E-state index contributed by atoms with van der Waals surface area (Å²) in [6.07, 6.45) is 0.153. The molecular weight excluding hydrogens is 246 g/mol. The monoisotopic (exact) mass is 265 g/mol. The van der Waals surface area contributed by atoms with E-state index < -0.39 is 11.5 Å². The number of ketones is 1. The molecular formula is C14H19NO4. The minimum absolute atomic E-state index is 0.0595. The standard InChI is InChI=1S/C14H19NO4/c1-10(16)9-13(14(2,3)15(17)18)11-5-7-12(19-4)8-6-11/h5-8,13H,9H2,1-4H3/t13-/m1/s1. The largest absolute Gasteiger partial charge is 0.497 e. The molecule has 0 amide bonds. The second-order valence-electron chi connectivity index (χ2n) is 5.14. The van der Waals surface area contributed by atoms with Crippen LogP contribution >= 0.6 is 0 Å². The van der Waals surface area contributed by atoms with Crippen LogP contribution in [0.15, 0.2) is 24.3 Å². The van der Waals surface area contributed by atoms with Gasteiger partial charge in [0.25, 0.3) is 0 Å². The van der Waals surface area contributed by atoms with Crippen molar-refractivity contribution in [1.82, 2.24) is 0 Å². The number of hydrogen-bond acceptors (Lipinski definition) is 4. The number of nitrogens with zero attached hydrogens (tertiary/aromatic N) is 1. The maximum Gasteiger partial charge on any atom is 0.223 e. The molecule has 1 aromatic rings. The minimum Gasteiger partial charge on any atom is -0.497 e. The molecule has 0 heterocycles. The quantitative estimate of drug-likeness (QED) is 0.585. The Bertz CT molecular complexity index is 465. The second-order valence-corrected chi connectivity index (χ2v) is 5.14. The molecule has 104 valence electrons. The van der Waals surface area contributed by atoms with E-state index in [1.165, 1.54) is 6.92 Å². The molecule has 1 rings (SSSR count). The lowest BCUT2D eigenvalue weighted by Crippen LogP contribution is -2.39. The molecule has 1 atom stereocenters. The van der Waals surface area contributed by atoms with Gasteiger partial charge in [0.2, 0.25) is 5.54 Å². The number of nitro groups is 1. The molecule has 0 fully saturated rings. The molecule has 0 radical (unpaired) electrons. The zero-order valence-corrected chi connectivity index (χ0v) is 11.7. The molecule has 0 aliphatic heterocycles. The first kappa shape index (κ1) is 15.1. The average molecular weight is 265 g/mol. The number of ether oxygens (including phenoxy) is 1. The van der Waals surface area contributed by atoms with E-state index in [-0.39, 0.29) is 17.1 Å². The third-order valence-corrected chi connectivity index (χ3v) is 3.33. The van der Waals surface area contributed by atoms with Crippen molar-refractivity contribution in [2.75, 3.05) is 7.11 Å². The van der Waals surface area contributed by atoms with Gasteiger partial charge in [0.1, 0.15) is 11.5 Å². The normalized spacial score (nSPS) is 12.8. The average Bonchev–Trinajstić information content (AvgIpc) is 2.35. The van der Waals surface area contributed by atoms with Gasteiger partial charge >= 0.3 is 0 Å². The molecule has 0 N–H and O–H groups in total. The van der Waals surface area contributed by atoms with Crippen molar-refractivity contribution >= 4 is 5.78 Å². The van der Waals surface area contributed by atoms with Gasteiger partial charge in [0, 0.05) is 25.2 Å². The predicted molar refractivity (Wildman–Crippen MR) is 72.1 cm³/mol. The van der Waals surface area contributed by atoms with Crippen molar-refractivity contribution in [3.8, 4) is 5.75 Å². The lowest BCUT2D eigenvalue weighted by Gasteiger charge is -2.26. The Morgan fingerprint density at radius 1 is 1.37 bits per heavy atom. The number of carbonyl (C=O) groups is 1. The SMILES string of the molecule is COc1ccc([C@@H](CC(C)=O)C(C)(C)[N+](=O)[O-])cc1. The zero-order valence-electron chi connectivity index (χ0n) is 11.7. The Morgan fingerprint density at radius 3 is 2.26 bits per heavy atom. The summed E-state index contributed by atoms with van der Waals surface area (Å²) in [4.78, 5) is 22.3. The van der Waals surface area contributed by atoms with Crippen LogP contribution in [0.2, 0.25) is 0 Å². The van der Waals surface area contributed by atoms with Crippen molar-refractivity contribution in [1.29, 1.82) is 0 Å². The third-order valence-electron chi connectivity index (χ3n) is 3.33. The van der Waals surface area contributed by atoms with E-state index in [9.17, 15) is 14.9 Å². The molecule has 0 unspecified atom stereocenters. The van der Waals surface area contributed by atoms with Gasteiger partial charge < -0.3 is 9.53 Å². The number of rotatable bonds is 6. The maximum atomic E-state index is 11.4. The fraction of sp³-hybridized carbons (Fsp3) is 0.500. The van der Waals surface area contributed by atoms with Gasteiger partial charge in [-0.2, -0.15) is 0 Å². The lowest BCUT2D eigenvalue weighted by atomic mass is 9.79. The van der Waals surface area contributed by atoms with Crippen LogP contribution < -0.4 is 4.74 Å². The molecule has 5 heteroatoms. The Balaban J connectivity index is 3.15. The molecule has 19 heavy (non-hydrogen) atoms. The summed E-state index contributed by atoms with van der Waals surface area (Å²) in [6, 6.07) is 7.05. The zero-order chi connectivity index (χ0) is 14.6. The van der Waals surface area contributed by atoms with Gasteiger partial charge in [-0.05, 0) is 24.6 Å². The molecule has 0 saturated carbocycles. The van der Waals surface area contributed by atoms with Crippen molar-refractivity contribution in [2.24, 2.45) is 0 Å². The first-order chi connectivity index (χ1) is 8.78. The molecule has 0 aliphatic carbocycles. The Morgan fingerprint density at radius 2 is 1.89 bits per heavy atom. The smallest absolute Gasteiger partial charge is 0.223 e. The van der Waals surface area contributed by atoms with Crippen LogP contribution in [-0.2, 0) is 4.79 Å². The summed E-state index contributed by atoms with van der Waals surface area (Å²) in [5.41, 5.74) is -0.419. The van der Waals surface area contributed by atoms with Gasteiger partial charge in [-0.3, -0.25) is 10.1 Å². The summed E-state index contributed by atoms with van der Waals surface area (Å²) in [5.74, 6) is 0.172. The summed E-state index contributed by atoms with van der Waals surface area (Å²) < 4.78 is 5.06. The highest BCUT2D eigenvalue weighted by Gasteiger charge is 2.42. The van der Waals surface area contributed by atoms with E-state index in [2.05, 4.69) is 0 Å². The van der Waals surface area contributed by atoms with Crippen LogP contribution in [0, 0.1) is 10.1 Å².